The predicted molar refractivity (Wildman–Crippen MR) is 146 cm³/mol. The van der Waals surface area contributed by atoms with Gasteiger partial charge in [-0.1, -0.05) is 48.5 Å². The number of nitrogens with two attached hydrogens (primary N) is 1. The van der Waals surface area contributed by atoms with Crippen molar-refractivity contribution >= 4 is 40.2 Å². The molecule has 0 spiro atoms. The van der Waals surface area contributed by atoms with Crippen LogP contribution in [-0.2, 0) is 14.3 Å². The van der Waals surface area contributed by atoms with E-state index in [0.29, 0.717) is 22.3 Å². The number of rotatable bonds is 10. The summed E-state index contributed by atoms with van der Waals surface area (Å²) in [4.78, 5) is 52.5. The van der Waals surface area contributed by atoms with Crippen molar-refractivity contribution < 1.29 is 41.8 Å². The molecule has 1 heterocycles. The maximum absolute atomic E-state index is 13.0. The first kappa shape index (κ1) is 29.7. The normalized spacial score (nSPS) is 11.9. The zero-order chi connectivity index (χ0) is 30.3. The van der Waals surface area contributed by atoms with Crippen molar-refractivity contribution in [2.24, 2.45) is 0 Å². The molecule has 0 unspecified atom stereocenters. The Hall–Kier alpha value is -5.26. The number of ketones is 1. The Morgan fingerprint density at radius 1 is 0.881 bits per heavy atom. The quantitative estimate of drug-likeness (QED) is 0.158. The molecule has 12 heteroatoms. The second-order valence-corrected chi connectivity index (χ2v) is 9.13. The van der Waals surface area contributed by atoms with Crippen LogP contribution in [-0.4, -0.2) is 47.4 Å². The van der Waals surface area contributed by atoms with Gasteiger partial charge < -0.3 is 20.5 Å². The molecule has 0 aliphatic carbocycles. The van der Waals surface area contributed by atoms with E-state index in [1.807, 2.05) is 0 Å². The highest BCUT2D eigenvalue weighted by Crippen LogP contribution is 2.24. The van der Waals surface area contributed by atoms with Crippen molar-refractivity contribution in [3.8, 4) is 5.75 Å². The number of nitrogens with one attached hydrogen (secondary N) is 1. The Labute approximate surface area is 237 Å². The molecule has 4 rings (SSSR count). The number of fused-ring (bicyclic) bond motifs is 1. The van der Waals surface area contributed by atoms with Crippen LogP contribution in [0, 0.1) is 0 Å². The number of hydrogen-bond acceptors (Lipinski definition) is 8. The van der Waals surface area contributed by atoms with Crippen LogP contribution in [0.1, 0.15) is 39.1 Å². The summed E-state index contributed by atoms with van der Waals surface area (Å²) < 4.78 is 47.0. The van der Waals surface area contributed by atoms with Gasteiger partial charge in [0, 0.05) is 34.7 Å². The smallest absolute Gasteiger partial charge is 0.491 e. The fraction of sp³-hybridized carbons (Fsp3) is 0.167. The van der Waals surface area contributed by atoms with Crippen LogP contribution in [0.5, 0.6) is 5.75 Å². The molecule has 0 saturated carbocycles. The molecule has 1 aromatic heterocycles. The summed E-state index contributed by atoms with van der Waals surface area (Å²) in [5.41, 5.74) is 6.95. The van der Waals surface area contributed by atoms with E-state index in [1.54, 1.807) is 60.8 Å². The van der Waals surface area contributed by atoms with Crippen molar-refractivity contribution in [1.29, 1.82) is 0 Å². The molecule has 0 aliphatic heterocycles. The zero-order valence-corrected chi connectivity index (χ0v) is 21.9. The molecular weight excluding hydrogens is 555 g/mol. The van der Waals surface area contributed by atoms with E-state index in [-0.39, 0.29) is 30.2 Å². The van der Waals surface area contributed by atoms with Crippen LogP contribution in [0.3, 0.4) is 0 Å². The lowest BCUT2D eigenvalue weighted by Gasteiger charge is -2.19. The molecule has 3 N–H and O–H groups in total. The van der Waals surface area contributed by atoms with Gasteiger partial charge in [-0.3, -0.25) is 14.4 Å². The van der Waals surface area contributed by atoms with E-state index >= 15 is 0 Å². The Balaban J connectivity index is 1.45. The van der Waals surface area contributed by atoms with Gasteiger partial charge in [-0.2, -0.15) is 13.2 Å². The monoisotopic (exact) mass is 579 g/mol. The number of ether oxygens (including phenoxy) is 2. The third-order valence-electron chi connectivity index (χ3n) is 6.13. The maximum Gasteiger partial charge on any atom is 0.491 e. The van der Waals surface area contributed by atoms with Crippen LogP contribution in [0.25, 0.3) is 10.8 Å². The molecule has 9 nitrogen and oxygen atoms in total. The predicted octanol–water partition coefficient (Wildman–Crippen LogP) is 4.64. The average Bonchev–Trinajstić information content (AvgIpc) is 2.98. The minimum absolute atomic E-state index is 0.184. The number of nitrogens with zero attached hydrogens (tertiary/aromatic N) is 1. The fourth-order valence-electron chi connectivity index (χ4n) is 3.96. The molecule has 0 fully saturated rings. The summed E-state index contributed by atoms with van der Waals surface area (Å²) in [5, 5.41) is 4.10. The molecule has 0 bridgehead atoms. The minimum Gasteiger partial charge on any atom is -0.491 e. The van der Waals surface area contributed by atoms with E-state index in [0.717, 1.165) is 5.39 Å². The molecule has 4 aromatic rings. The number of aromatic nitrogens is 1. The molecule has 1 amide bonds. The van der Waals surface area contributed by atoms with Gasteiger partial charge in [0.1, 0.15) is 18.2 Å². The van der Waals surface area contributed by atoms with Crippen LogP contribution < -0.4 is 15.8 Å². The number of halogens is 3. The summed E-state index contributed by atoms with van der Waals surface area (Å²) in [6.07, 6.45) is -4.60. The molecule has 0 radical (unpaired) electrons. The summed E-state index contributed by atoms with van der Waals surface area (Å²) in [5.74, 6) is -4.23. The number of pyridine rings is 1. The lowest BCUT2D eigenvalue weighted by molar-refractivity contribution is -0.201. The fourth-order valence-corrected chi connectivity index (χ4v) is 3.96. The molecular formula is C30H24F3N3O6. The Bertz CT molecular complexity index is 1610. The number of nitrogen functional groups attached to an aromatic ring is 1. The first-order valence-corrected chi connectivity index (χ1v) is 12.6. The van der Waals surface area contributed by atoms with E-state index in [4.69, 9.17) is 10.5 Å². The van der Waals surface area contributed by atoms with Gasteiger partial charge in [0.05, 0.1) is 6.04 Å². The van der Waals surface area contributed by atoms with E-state index < -0.39 is 36.5 Å². The first-order valence-electron chi connectivity index (χ1n) is 12.6. The zero-order valence-electron chi connectivity index (χ0n) is 21.9. The molecule has 0 aliphatic rings. The molecule has 3 aromatic carbocycles. The average molecular weight is 580 g/mol. The highest BCUT2D eigenvalue weighted by molar-refractivity contribution is 6.09. The SMILES string of the molecule is Nc1nccc2ccc(OC[C@@H](CCC(=O)OC(=O)C(F)(F)F)NC(=O)c3ccc(C(=O)c4ccccc4)cc3)cc12. The second kappa shape index (κ2) is 12.9. The van der Waals surface area contributed by atoms with Crippen molar-refractivity contribution in [2.75, 3.05) is 12.3 Å². The number of carbonyl (C=O) groups excluding carboxylic acids is 4. The van der Waals surface area contributed by atoms with Gasteiger partial charge in [-0.25, -0.2) is 9.78 Å². The number of carbonyl (C=O) groups is 4. The van der Waals surface area contributed by atoms with Gasteiger partial charge >= 0.3 is 18.1 Å². The lowest BCUT2D eigenvalue weighted by Crippen LogP contribution is -2.40. The van der Waals surface area contributed by atoms with Crippen LogP contribution in [0.4, 0.5) is 19.0 Å². The number of amides is 1. The van der Waals surface area contributed by atoms with Crippen LogP contribution >= 0.6 is 0 Å². The van der Waals surface area contributed by atoms with E-state index in [1.165, 1.54) is 24.3 Å². The lowest BCUT2D eigenvalue weighted by atomic mass is 10.0. The van der Waals surface area contributed by atoms with Crippen molar-refractivity contribution in [2.45, 2.75) is 25.1 Å². The summed E-state index contributed by atoms with van der Waals surface area (Å²) in [6, 6.07) is 20.3. The first-order chi connectivity index (χ1) is 20.0. The van der Waals surface area contributed by atoms with E-state index in [9.17, 15) is 32.3 Å². The Kier molecular flexibility index (Phi) is 9.15. The van der Waals surface area contributed by atoms with E-state index in [2.05, 4.69) is 15.0 Å². The highest BCUT2D eigenvalue weighted by atomic mass is 19.4. The summed E-state index contributed by atoms with van der Waals surface area (Å²) in [7, 11) is 0. The van der Waals surface area contributed by atoms with Gasteiger partial charge in [0.15, 0.2) is 5.78 Å². The third-order valence-corrected chi connectivity index (χ3v) is 6.13. The Morgan fingerprint density at radius 2 is 1.55 bits per heavy atom. The van der Waals surface area contributed by atoms with Crippen molar-refractivity contribution in [3.63, 3.8) is 0 Å². The van der Waals surface area contributed by atoms with Crippen molar-refractivity contribution in [1.82, 2.24) is 10.3 Å². The number of esters is 2. The largest absolute Gasteiger partial charge is 0.491 e. The van der Waals surface area contributed by atoms with Crippen LogP contribution in [0.15, 0.2) is 85.1 Å². The third kappa shape index (κ3) is 7.68. The van der Waals surface area contributed by atoms with Gasteiger partial charge in [-0.05, 0) is 42.1 Å². The maximum atomic E-state index is 13.0. The number of alkyl halides is 3. The standard InChI is InChI=1S/C30H24F3N3O6/c31-30(32,33)29(40)42-25(37)13-11-22(17-41-23-12-10-18-14-15-35-27(34)24(18)16-23)36-28(39)21-8-6-20(7-9-21)26(38)19-4-2-1-3-5-19/h1-10,12,14-16,22H,11,13,17H2,(H2,34,35)(H,36,39)/t22-/m1/s1. The number of anilines is 1. The second-order valence-electron chi connectivity index (χ2n) is 9.13. The van der Waals surface area contributed by atoms with Crippen molar-refractivity contribution in [3.05, 3.63) is 102 Å². The summed E-state index contributed by atoms with van der Waals surface area (Å²) >= 11 is 0. The van der Waals surface area contributed by atoms with Gasteiger partial charge in [0.25, 0.3) is 5.91 Å². The summed E-state index contributed by atoms with van der Waals surface area (Å²) in [6.45, 7) is -0.192. The van der Waals surface area contributed by atoms with Crippen LogP contribution in [0.2, 0.25) is 0 Å². The number of benzene rings is 3. The number of hydrogen-bond donors (Lipinski definition) is 2. The Morgan fingerprint density at radius 3 is 2.24 bits per heavy atom. The highest BCUT2D eigenvalue weighted by Gasteiger charge is 2.42. The molecule has 42 heavy (non-hydrogen) atoms. The molecule has 1 atom stereocenters. The van der Waals surface area contributed by atoms with Gasteiger partial charge in [0.2, 0.25) is 0 Å². The molecule has 0 saturated heterocycles. The minimum atomic E-state index is -5.33. The topological polar surface area (TPSA) is 138 Å². The van der Waals surface area contributed by atoms with Gasteiger partial charge in [-0.15, -0.1) is 0 Å². The molecule has 216 valence electrons.